The lowest BCUT2D eigenvalue weighted by atomic mass is 10.0. The maximum absolute atomic E-state index is 13.1. The van der Waals surface area contributed by atoms with E-state index in [1.165, 1.54) is 0 Å². The fourth-order valence-electron chi connectivity index (χ4n) is 3.47. The highest BCUT2D eigenvalue weighted by molar-refractivity contribution is 6.07. The third-order valence-corrected chi connectivity index (χ3v) is 5.17. The van der Waals surface area contributed by atoms with Crippen molar-refractivity contribution in [2.45, 2.75) is 13.5 Å². The molecule has 2 heterocycles. The van der Waals surface area contributed by atoms with E-state index in [1.807, 2.05) is 67.6 Å². The van der Waals surface area contributed by atoms with Crippen LogP contribution in [0.5, 0.6) is 11.5 Å². The van der Waals surface area contributed by atoms with Crippen molar-refractivity contribution < 1.29 is 14.3 Å². The number of carbonyl (C=O) groups is 1. The summed E-state index contributed by atoms with van der Waals surface area (Å²) in [7, 11) is 3.19. The molecular weight excluding hydrogens is 390 g/mol. The third-order valence-electron chi connectivity index (χ3n) is 5.17. The van der Waals surface area contributed by atoms with Gasteiger partial charge in [0.25, 0.3) is 5.91 Å². The second-order valence-corrected chi connectivity index (χ2v) is 7.09. The van der Waals surface area contributed by atoms with Crippen LogP contribution in [0.15, 0.2) is 66.9 Å². The monoisotopic (exact) mass is 413 g/mol. The van der Waals surface area contributed by atoms with Crippen LogP contribution < -0.4 is 14.8 Å². The van der Waals surface area contributed by atoms with E-state index in [0.717, 1.165) is 27.7 Å². The molecule has 2 aromatic carbocycles. The standard InChI is InChI=1S/C25H23N3O3/c1-16-7-6-12-26-22(16)15-27-25(29)19-14-21(28-20-9-5-4-8-18(19)20)17-10-11-23(30-2)24(13-17)31-3/h4-14H,15H2,1-3H3,(H,27,29). The first-order chi connectivity index (χ1) is 15.1. The number of nitrogens with zero attached hydrogens (tertiary/aromatic N) is 2. The molecule has 2 aromatic heterocycles. The van der Waals surface area contributed by atoms with Crippen LogP contribution in [0, 0.1) is 6.92 Å². The number of amides is 1. The first-order valence-corrected chi connectivity index (χ1v) is 9.91. The summed E-state index contributed by atoms with van der Waals surface area (Å²) < 4.78 is 10.8. The Morgan fingerprint density at radius 1 is 0.968 bits per heavy atom. The molecule has 0 spiro atoms. The molecule has 6 nitrogen and oxygen atoms in total. The van der Waals surface area contributed by atoms with Crippen LogP contribution in [-0.2, 0) is 6.54 Å². The number of rotatable bonds is 6. The predicted octanol–water partition coefficient (Wildman–Crippen LogP) is 4.55. The molecule has 0 radical (unpaired) electrons. The van der Waals surface area contributed by atoms with Gasteiger partial charge in [0, 0.05) is 17.1 Å². The minimum Gasteiger partial charge on any atom is -0.493 e. The molecule has 4 aromatic rings. The maximum atomic E-state index is 13.1. The number of nitrogens with one attached hydrogen (secondary N) is 1. The molecular formula is C25H23N3O3. The van der Waals surface area contributed by atoms with Gasteiger partial charge in [-0.05, 0) is 48.9 Å². The van der Waals surface area contributed by atoms with Crippen LogP contribution >= 0.6 is 0 Å². The number of hydrogen-bond donors (Lipinski definition) is 1. The molecule has 6 heteroatoms. The van der Waals surface area contributed by atoms with Crippen molar-refractivity contribution >= 4 is 16.8 Å². The molecule has 0 aliphatic rings. The van der Waals surface area contributed by atoms with E-state index in [-0.39, 0.29) is 5.91 Å². The van der Waals surface area contributed by atoms with Gasteiger partial charge in [-0.15, -0.1) is 0 Å². The number of ether oxygens (including phenoxy) is 2. The zero-order valence-corrected chi connectivity index (χ0v) is 17.7. The Balaban J connectivity index is 1.73. The lowest BCUT2D eigenvalue weighted by molar-refractivity contribution is 0.0952. The Kier molecular flexibility index (Phi) is 5.80. The highest BCUT2D eigenvalue weighted by Crippen LogP contribution is 2.33. The average Bonchev–Trinajstić information content (AvgIpc) is 2.82. The summed E-state index contributed by atoms with van der Waals surface area (Å²) in [5, 5.41) is 3.79. The van der Waals surface area contributed by atoms with Gasteiger partial charge in [-0.2, -0.15) is 0 Å². The van der Waals surface area contributed by atoms with Crippen molar-refractivity contribution in [1.29, 1.82) is 0 Å². The van der Waals surface area contributed by atoms with Gasteiger partial charge in [0.15, 0.2) is 11.5 Å². The lowest BCUT2D eigenvalue weighted by Gasteiger charge is -2.13. The zero-order valence-electron chi connectivity index (χ0n) is 17.7. The minimum atomic E-state index is -0.176. The van der Waals surface area contributed by atoms with Gasteiger partial charge in [-0.1, -0.05) is 24.3 Å². The van der Waals surface area contributed by atoms with Crippen molar-refractivity contribution in [3.05, 3.63) is 83.7 Å². The topological polar surface area (TPSA) is 73.3 Å². The number of aryl methyl sites for hydroxylation is 1. The fraction of sp³-hybridized carbons (Fsp3) is 0.160. The number of aromatic nitrogens is 2. The Bertz CT molecular complexity index is 1250. The minimum absolute atomic E-state index is 0.176. The van der Waals surface area contributed by atoms with E-state index in [1.54, 1.807) is 20.4 Å². The van der Waals surface area contributed by atoms with E-state index >= 15 is 0 Å². The number of benzene rings is 2. The van der Waals surface area contributed by atoms with E-state index in [9.17, 15) is 4.79 Å². The number of pyridine rings is 2. The molecule has 156 valence electrons. The van der Waals surface area contributed by atoms with Gasteiger partial charge >= 0.3 is 0 Å². The molecule has 0 bridgehead atoms. The van der Waals surface area contributed by atoms with E-state index in [2.05, 4.69) is 10.3 Å². The highest BCUT2D eigenvalue weighted by Gasteiger charge is 2.15. The number of hydrogen-bond acceptors (Lipinski definition) is 5. The quantitative estimate of drug-likeness (QED) is 0.502. The van der Waals surface area contributed by atoms with Crippen molar-refractivity contribution in [2.24, 2.45) is 0 Å². The smallest absolute Gasteiger partial charge is 0.252 e. The molecule has 0 unspecified atom stereocenters. The number of fused-ring (bicyclic) bond motifs is 1. The van der Waals surface area contributed by atoms with E-state index in [0.29, 0.717) is 29.3 Å². The fourth-order valence-corrected chi connectivity index (χ4v) is 3.47. The molecule has 0 aliphatic heterocycles. The van der Waals surface area contributed by atoms with Gasteiger partial charge < -0.3 is 14.8 Å². The molecule has 0 fully saturated rings. The first-order valence-electron chi connectivity index (χ1n) is 9.91. The van der Waals surface area contributed by atoms with Gasteiger partial charge in [0.1, 0.15) is 0 Å². The van der Waals surface area contributed by atoms with Gasteiger partial charge in [0.2, 0.25) is 0 Å². The lowest BCUT2D eigenvalue weighted by Crippen LogP contribution is -2.24. The van der Waals surface area contributed by atoms with Crippen LogP contribution in [0.25, 0.3) is 22.2 Å². The molecule has 0 saturated heterocycles. The summed E-state index contributed by atoms with van der Waals surface area (Å²) in [6.45, 7) is 2.33. The average molecular weight is 413 g/mol. The predicted molar refractivity (Wildman–Crippen MR) is 120 cm³/mol. The van der Waals surface area contributed by atoms with Crippen LogP contribution in [0.4, 0.5) is 0 Å². The Labute approximate surface area is 180 Å². The second-order valence-electron chi connectivity index (χ2n) is 7.09. The molecule has 4 rings (SSSR count). The Morgan fingerprint density at radius 2 is 1.77 bits per heavy atom. The summed E-state index contributed by atoms with van der Waals surface area (Å²) in [5.74, 6) is 1.06. The number of para-hydroxylation sites is 1. The first kappa shape index (κ1) is 20.3. The van der Waals surface area contributed by atoms with Gasteiger partial charge in [0.05, 0.1) is 43.2 Å². The third kappa shape index (κ3) is 4.19. The SMILES string of the molecule is COc1ccc(-c2cc(C(=O)NCc3ncccc3C)c3ccccc3n2)cc1OC. The maximum Gasteiger partial charge on any atom is 0.252 e. The van der Waals surface area contributed by atoms with E-state index < -0.39 is 0 Å². The summed E-state index contributed by atoms with van der Waals surface area (Å²) >= 11 is 0. The van der Waals surface area contributed by atoms with Gasteiger partial charge in [-0.25, -0.2) is 4.98 Å². The normalized spacial score (nSPS) is 10.7. The number of carbonyl (C=O) groups excluding carboxylic acids is 1. The Hall–Kier alpha value is -3.93. The second kappa shape index (κ2) is 8.83. The van der Waals surface area contributed by atoms with Crippen molar-refractivity contribution in [1.82, 2.24) is 15.3 Å². The van der Waals surface area contributed by atoms with Crippen molar-refractivity contribution in [2.75, 3.05) is 14.2 Å². The summed E-state index contributed by atoms with van der Waals surface area (Å²) in [4.78, 5) is 22.3. The largest absolute Gasteiger partial charge is 0.493 e. The van der Waals surface area contributed by atoms with Crippen molar-refractivity contribution in [3.8, 4) is 22.8 Å². The van der Waals surface area contributed by atoms with Crippen LogP contribution in [0.2, 0.25) is 0 Å². The molecule has 1 N–H and O–H groups in total. The van der Waals surface area contributed by atoms with E-state index in [4.69, 9.17) is 14.5 Å². The Morgan fingerprint density at radius 3 is 2.55 bits per heavy atom. The zero-order chi connectivity index (χ0) is 21.8. The molecule has 1 amide bonds. The summed E-state index contributed by atoms with van der Waals surface area (Å²) in [6, 6.07) is 18.9. The van der Waals surface area contributed by atoms with Gasteiger partial charge in [-0.3, -0.25) is 9.78 Å². The van der Waals surface area contributed by atoms with Crippen LogP contribution in [0.3, 0.4) is 0 Å². The number of methoxy groups -OCH3 is 2. The van der Waals surface area contributed by atoms with Crippen LogP contribution in [-0.4, -0.2) is 30.1 Å². The summed E-state index contributed by atoms with van der Waals surface area (Å²) in [6.07, 6.45) is 1.73. The van der Waals surface area contributed by atoms with Crippen molar-refractivity contribution in [3.63, 3.8) is 0 Å². The molecule has 31 heavy (non-hydrogen) atoms. The highest BCUT2D eigenvalue weighted by atomic mass is 16.5. The van der Waals surface area contributed by atoms with Crippen LogP contribution in [0.1, 0.15) is 21.6 Å². The molecule has 0 atom stereocenters. The molecule has 0 saturated carbocycles. The summed E-state index contributed by atoms with van der Waals surface area (Å²) in [5.41, 5.74) is 4.69. The molecule has 0 aliphatic carbocycles.